The molecule has 1 amide bonds. The summed E-state index contributed by atoms with van der Waals surface area (Å²) in [5, 5.41) is 3.88. The van der Waals surface area contributed by atoms with E-state index >= 15 is 0 Å². The maximum absolute atomic E-state index is 13.3. The van der Waals surface area contributed by atoms with Gasteiger partial charge in [-0.3, -0.25) is 9.59 Å². The molecule has 150 valence electrons. The molecule has 1 saturated carbocycles. The number of carbonyl (C=O) groups is 1. The van der Waals surface area contributed by atoms with E-state index in [-0.39, 0.29) is 17.5 Å². The Morgan fingerprint density at radius 2 is 2.07 bits per heavy atom. The Bertz CT molecular complexity index is 950. The van der Waals surface area contributed by atoms with E-state index in [0.29, 0.717) is 33.1 Å². The first-order chi connectivity index (χ1) is 13.3. The van der Waals surface area contributed by atoms with Crippen molar-refractivity contribution in [1.82, 2.24) is 9.88 Å². The van der Waals surface area contributed by atoms with Gasteiger partial charge >= 0.3 is 0 Å². The van der Waals surface area contributed by atoms with Crippen LogP contribution in [0.25, 0.3) is 0 Å². The molecule has 6 heteroatoms. The van der Waals surface area contributed by atoms with Crippen LogP contribution in [-0.4, -0.2) is 10.5 Å². The molecule has 0 saturated heterocycles. The lowest BCUT2D eigenvalue weighted by Gasteiger charge is -2.22. The van der Waals surface area contributed by atoms with E-state index < -0.39 is 0 Å². The van der Waals surface area contributed by atoms with Gasteiger partial charge in [0.25, 0.3) is 11.5 Å². The van der Waals surface area contributed by atoms with Crippen molar-refractivity contribution < 1.29 is 4.79 Å². The fourth-order valence-corrected chi connectivity index (χ4v) is 4.29. The lowest BCUT2D eigenvalue weighted by molar-refractivity contribution is 0.0929. The van der Waals surface area contributed by atoms with E-state index in [2.05, 4.69) is 28.2 Å². The van der Waals surface area contributed by atoms with E-state index in [4.69, 9.17) is 11.6 Å². The average molecular weight is 466 g/mol. The number of aromatic nitrogens is 1. The Morgan fingerprint density at radius 3 is 2.68 bits per heavy atom. The van der Waals surface area contributed by atoms with Crippen molar-refractivity contribution in [3.05, 3.63) is 66.5 Å². The van der Waals surface area contributed by atoms with Crippen LogP contribution in [0.2, 0.25) is 5.02 Å². The first-order valence-corrected chi connectivity index (χ1v) is 11.0. The van der Waals surface area contributed by atoms with Crippen LogP contribution < -0.4 is 10.9 Å². The van der Waals surface area contributed by atoms with Crippen molar-refractivity contribution in [2.45, 2.75) is 59.0 Å². The molecule has 1 fully saturated rings. The number of unbranched alkanes of at least 4 members (excludes halogenated alkanes) is 1. The summed E-state index contributed by atoms with van der Waals surface area (Å²) in [4.78, 5) is 26.0. The van der Waals surface area contributed by atoms with Gasteiger partial charge in [0, 0.05) is 17.3 Å². The van der Waals surface area contributed by atoms with Crippen LogP contribution in [0.5, 0.6) is 0 Å². The molecule has 1 aliphatic rings. The van der Waals surface area contributed by atoms with E-state index in [9.17, 15) is 9.59 Å². The van der Waals surface area contributed by atoms with Crippen LogP contribution in [0.15, 0.2) is 33.5 Å². The summed E-state index contributed by atoms with van der Waals surface area (Å²) in [5.74, 6) is 0.287. The molecule has 1 heterocycles. The van der Waals surface area contributed by atoms with E-state index in [1.807, 2.05) is 38.1 Å². The summed E-state index contributed by atoms with van der Waals surface area (Å²) in [6, 6.07) is 7.61. The molecule has 1 aromatic carbocycles. The predicted molar refractivity (Wildman–Crippen MR) is 117 cm³/mol. The SMILES string of the molecule is CCCCn1c(C)c(C(=O)N[C@H](c2cccc(Cl)c2)C2CC2)c(C)c(Br)c1=O. The summed E-state index contributed by atoms with van der Waals surface area (Å²) >= 11 is 9.57. The number of halogens is 2. The zero-order chi connectivity index (χ0) is 20.4. The Morgan fingerprint density at radius 1 is 1.36 bits per heavy atom. The lowest BCUT2D eigenvalue weighted by atomic mass is 10.0. The van der Waals surface area contributed by atoms with Crippen molar-refractivity contribution in [3.8, 4) is 0 Å². The second-order valence-corrected chi connectivity index (χ2v) is 8.78. The van der Waals surface area contributed by atoms with Crippen molar-refractivity contribution in [2.75, 3.05) is 0 Å². The highest BCUT2D eigenvalue weighted by atomic mass is 79.9. The number of amides is 1. The van der Waals surface area contributed by atoms with Crippen molar-refractivity contribution in [3.63, 3.8) is 0 Å². The molecule has 3 rings (SSSR count). The quantitative estimate of drug-likeness (QED) is 0.582. The highest BCUT2D eigenvalue weighted by Crippen LogP contribution is 2.41. The van der Waals surface area contributed by atoms with Gasteiger partial charge in [-0.05, 0) is 78.2 Å². The molecule has 0 unspecified atom stereocenters. The molecule has 0 aliphatic heterocycles. The largest absolute Gasteiger partial charge is 0.345 e. The third kappa shape index (κ3) is 4.36. The molecule has 4 nitrogen and oxygen atoms in total. The van der Waals surface area contributed by atoms with Gasteiger partial charge in [-0.2, -0.15) is 0 Å². The fourth-order valence-electron chi connectivity index (χ4n) is 3.68. The summed E-state index contributed by atoms with van der Waals surface area (Å²) in [6.45, 7) is 6.38. The van der Waals surface area contributed by atoms with E-state index in [1.54, 1.807) is 4.57 Å². The Balaban J connectivity index is 1.97. The summed E-state index contributed by atoms with van der Waals surface area (Å²) in [5.41, 5.74) is 2.94. The molecule has 1 atom stereocenters. The van der Waals surface area contributed by atoms with Gasteiger partial charge in [-0.15, -0.1) is 0 Å². The van der Waals surface area contributed by atoms with Crippen LogP contribution in [0.1, 0.15) is 65.8 Å². The molecule has 1 aliphatic carbocycles. The molecular formula is C22H26BrClN2O2. The lowest BCUT2D eigenvalue weighted by Crippen LogP contribution is -2.34. The number of rotatable bonds is 7. The van der Waals surface area contributed by atoms with Crippen molar-refractivity contribution >= 4 is 33.4 Å². The van der Waals surface area contributed by atoms with Crippen LogP contribution >= 0.6 is 27.5 Å². The minimum absolute atomic E-state index is 0.0696. The van der Waals surface area contributed by atoms with Gasteiger partial charge in [0.05, 0.1) is 16.1 Å². The molecule has 0 spiro atoms. The minimum Gasteiger partial charge on any atom is -0.345 e. The maximum Gasteiger partial charge on any atom is 0.265 e. The number of nitrogens with zero attached hydrogens (tertiary/aromatic N) is 1. The fraction of sp³-hybridized carbons (Fsp3) is 0.455. The molecular weight excluding hydrogens is 440 g/mol. The van der Waals surface area contributed by atoms with Crippen LogP contribution in [0.3, 0.4) is 0 Å². The smallest absolute Gasteiger partial charge is 0.265 e. The maximum atomic E-state index is 13.3. The van der Waals surface area contributed by atoms with E-state index in [1.165, 1.54) is 0 Å². The zero-order valence-electron chi connectivity index (χ0n) is 16.5. The number of hydrogen-bond acceptors (Lipinski definition) is 2. The summed E-state index contributed by atoms with van der Waals surface area (Å²) in [7, 11) is 0. The van der Waals surface area contributed by atoms with Gasteiger partial charge in [-0.1, -0.05) is 37.1 Å². The average Bonchev–Trinajstić information content (AvgIpc) is 3.49. The zero-order valence-corrected chi connectivity index (χ0v) is 18.9. The monoisotopic (exact) mass is 464 g/mol. The van der Waals surface area contributed by atoms with Gasteiger partial charge < -0.3 is 9.88 Å². The number of carbonyl (C=O) groups excluding carboxylic acids is 1. The second kappa shape index (κ2) is 8.83. The molecule has 2 aromatic rings. The minimum atomic E-state index is -0.141. The molecule has 1 aromatic heterocycles. The number of hydrogen-bond donors (Lipinski definition) is 1. The number of nitrogens with one attached hydrogen (secondary N) is 1. The van der Waals surface area contributed by atoms with Crippen LogP contribution in [0, 0.1) is 19.8 Å². The van der Waals surface area contributed by atoms with Gasteiger partial charge in [-0.25, -0.2) is 0 Å². The second-order valence-electron chi connectivity index (χ2n) is 7.55. The van der Waals surface area contributed by atoms with Crippen molar-refractivity contribution in [1.29, 1.82) is 0 Å². The molecule has 0 radical (unpaired) electrons. The highest BCUT2D eigenvalue weighted by molar-refractivity contribution is 9.10. The normalized spacial score (nSPS) is 14.8. The predicted octanol–water partition coefficient (Wildman–Crippen LogP) is 5.56. The van der Waals surface area contributed by atoms with E-state index in [0.717, 1.165) is 36.9 Å². The number of benzene rings is 1. The standard InChI is InChI=1S/C22H26BrClN2O2/c1-4-5-11-26-14(3)18(13(2)19(23)22(26)28)21(27)25-20(15-9-10-15)16-7-6-8-17(24)12-16/h6-8,12,15,20H,4-5,9-11H2,1-3H3,(H,25,27)/t20-/m0/s1. The van der Waals surface area contributed by atoms with Crippen molar-refractivity contribution in [2.24, 2.45) is 5.92 Å². The Labute approximate surface area is 179 Å². The topological polar surface area (TPSA) is 51.1 Å². The summed E-state index contributed by atoms with van der Waals surface area (Å²) < 4.78 is 2.17. The first kappa shape index (κ1) is 21.1. The molecule has 1 N–H and O–H groups in total. The number of pyridine rings is 1. The summed E-state index contributed by atoms with van der Waals surface area (Å²) in [6.07, 6.45) is 4.06. The first-order valence-electron chi connectivity index (χ1n) is 9.81. The molecule has 0 bridgehead atoms. The van der Waals surface area contributed by atoms with Crippen LogP contribution in [-0.2, 0) is 6.54 Å². The molecule has 28 heavy (non-hydrogen) atoms. The van der Waals surface area contributed by atoms with Gasteiger partial charge in [0.15, 0.2) is 0 Å². The van der Waals surface area contributed by atoms with Crippen LogP contribution in [0.4, 0.5) is 0 Å². The third-order valence-electron chi connectivity index (χ3n) is 5.45. The Kier molecular flexibility index (Phi) is 6.66. The third-order valence-corrected chi connectivity index (χ3v) is 6.62. The van der Waals surface area contributed by atoms with Gasteiger partial charge in [0.1, 0.15) is 0 Å². The van der Waals surface area contributed by atoms with Gasteiger partial charge in [0.2, 0.25) is 0 Å². The Hall–Kier alpha value is -1.59. The highest BCUT2D eigenvalue weighted by Gasteiger charge is 2.34.